The number of hydrogen-bond donors (Lipinski definition) is 2. The van der Waals surface area contributed by atoms with Crippen LogP contribution in [0.4, 0.5) is 11.5 Å². The molecule has 0 atom stereocenters. The second-order valence-electron chi connectivity index (χ2n) is 4.77. The highest BCUT2D eigenvalue weighted by Gasteiger charge is 2.36. The van der Waals surface area contributed by atoms with E-state index >= 15 is 0 Å². The standard InChI is InChI=1S/C13H19N3O2/c1-3-13(5-4-6-13)16-11-10(12(17)18-2)7-9(14)8-15-11/h7-8H,3-6,14H2,1-2H3,(H,15,16). The predicted molar refractivity (Wildman–Crippen MR) is 70.5 cm³/mol. The van der Waals surface area contributed by atoms with Gasteiger partial charge in [-0.3, -0.25) is 0 Å². The van der Waals surface area contributed by atoms with Gasteiger partial charge in [0, 0.05) is 5.54 Å². The second kappa shape index (κ2) is 4.84. The van der Waals surface area contributed by atoms with Crippen LogP contribution in [0.5, 0.6) is 0 Å². The predicted octanol–water partition coefficient (Wildman–Crippen LogP) is 2.20. The minimum atomic E-state index is -0.414. The van der Waals surface area contributed by atoms with Crippen molar-refractivity contribution >= 4 is 17.5 Å². The summed E-state index contributed by atoms with van der Waals surface area (Å²) in [6.07, 6.45) is 5.99. The summed E-state index contributed by atoms with van der Waals surface area (Å²) in [5.74, 6) is 0.153. The Hall–Kier alpha value is -1.78. The lowest BCUT2D eigenvalue weighted by Gasteiger charge is -2.42. The van der Waals surface area contributed by atoms with E-state index in [1.54, 1.807) is 12.3 Å². The van der Waals surface area contributed by atoms with Crippen LogP contribution in [0.15, 0.2) is 12.3 Å². The maximum absolute atomic E-state index is 11.7. The number of ether oxygens (including phenoxy) is 1. The van der Waals surface area contributed by atoms with Gasteiger partial charge in [0.25, 0.3) is 0 Å². The number of anilines is 2. The molecule has 0 unspecified atom stereocenters. The van der Waals surface area contributed by atoms with Crippen LogP contribution in [0.1, 0.15) is 43.0 Å². The third-order valence-electron chi connectivity index (χ3n) is 3.69. The molecule has 1 aromatic rings. The number of hydrogen-bond acceptors (Lipinski definition) is 5. The highest BCUT2D eigenvalue weighted by Crippen LogP contribution is 2.38. The van der Waals surface area contributed by atoms with E-state index < -0.39 is 5.97 Å². The van der Waals surface area contributed by atoms with E-state index in [2.05, 4.69) is 17.2 Å². The molecule has 3 N–H and O–H groups in total. The van der Waals surface area contributed by atoms with Gasteiger partial charge in [-0.05, 0) is 31.7 Å². The van der Waals surface area contributed by atoms with Crippen molar-refractivity contribution < 1.29 is 9.53 Å². The van der Waals surface area contributed by atoms with Crippen LogP contribution < -0.4 is 11.1 Å². The second-order valence-corrected chi connectivity index (χ2v) is 4.77. The number of esters is 1. The van der Waals surface area contributed by atoms with Crippen molar-refractivity contribution in [2.24, 2.45) is 0 Å². The first-order valence-corrected chi connectivity index (χ1v) is 6.22. The van der Waals surface area contributed by atoms with Crippen LogP contribution in [0, 0.1) is 0 Å². The van der Waals surface area contributed by atoms with E-state index in [4.69, 9.17) is 10.5 Å². The van der Waals surface area contributed by atoms with Crippen molar-refractivity contribution in [2.75, 3.05) is 18.2 Å². The molecule has 1 aliphatic rings. The lowest BCUT2D eigenvalue weighted by atomic mass is 9.75. The van der Waals surface area contributed by atoms with Gasteiger partial charge >= 0.3 is 5.97 Å². The molecule has 0 aliphatic heterocycles. The van der Waals surface area contributed by atoms with Gasteiger partial charge in [0.15, 0.2) is 0 Å². The summed E-state index contributed by atoms with van der Waals surface area (Å²) in [5, 5.41) is 3.39. The van der Waals surface area contributed by atoms with E-state index in [0.29, 0.717) is 17.1 Å². The average molecular weight is 249 g/mol. The first kappa shape index (κ1) is 12.7. The SMILES string of the molecule is CCC1(Nc2ncc(N)cc2C(=O)OC)CCC1. The van der Waals surface area contributed by atoms with Crippen LogP contribution >= 0.6 is 0 Å². The fourth-order valence-corrected chi connectivity index (χ4v) is 2.27. The van der Waals surface area contributed by atoms with E-state index in [1.165, 1.54) is 13.5 Å². The highest BCUT2D eigenvalue weighted by atomic mass is 16.5. The molecule has 1 heterocycles. The lowest BCUT2D eigenvalue weighted by molar-refractivity contribution is 0.0601. The van der Waals surface area contributed by atoms with Gasteiger partial charge in [-0.15, -0.1) is 0 Å². The number of methoxy groups -OCH3 is 1. The van der Waals surface area contributed by atoms with Gasteiger partial charge in [-0.2, -0.15) is 0 Å². The fraction of sp³-hybridized carbons (Fsp3) is 0.538. The Morgan fingerprint density at radius 2 is 2.33 bits per heavy atom. The minimum absolute atomic E-state index is 0.0753. The molecule has 5 nitrogen and oxygen atoms in total. The number of pyridine rings is 1. The first-order valence-electron chi connectivity index (χ1n) is 6.22. The number of nitrogen functional groups attached to an aromatic ring is 1. The Bertz CT molecular complexity index is 450. The molecule has 2 rings (SSSR count). The summed E-state index contributed by atoms with van der Waals surface area (Å²) in [5.41, 5.74) is 6.60. The first-order chi connectivity index (χ1) is 8.60. The van der Waals surface area contributed by atoms with Crippen LogP contribution in [0.25, 0.3) is 0 Å². The molecule has 0 aromatic carbocycles. The van der Waals surface area contributed by atoms with E-state index in [9.17, 15) is 4.79 Å². The summed E-state index contributed by atoms with van der Waals surface area (Å²) in [6, 6.07) is 1.60. The Labute approximate surface area is 107 Å². The summed E-state index contributed by atoms with van der Waals surface area (Å²) < 4.78 is 4.76. The molecule has 1 fully saturated rings. The largest absolute Gasteiger partial charge is 0.465 e. The molecule has 0 spiro atoms. The topological polar surface area (TPSA) is 77.2 Å². The maximum Gasteiger partial charge on any atom is 0.341 e. The summed E-state index contributed by atoms with van der Waals surface area (Å²) in [6.45, 7) is 2.14. The molecule has 5 heteroatoms. The Morgan fingerprint density at radius 1 is 1.61 bits per heavy atom. The van der Waals surface area contributed by atoms with Crippen molar-refractivity contribution in [2.45, 2.75) is 38.1 Å². The molecule has 1 aromatic heterocycles. The molecule has 98 valence electrons. The van der Waals surface area contributed by atoms with E-state index in [1.807, 2.05) is 0 Å². The minimum Gasteiger partial charge on any atom is -0.465 e. The number of nitrogens with zero attached hydrogens (tertiary/aromatic N) is 1. The Balaban J connectivity index is 2.29. The van der Waals surface area contributed by atoms with Gasteiger partial charge in [0.1, 0.15) is 11.4 Å². The van der Waals surface area contributed by atoms with Gasteiger partial charge < -0.3 is 15.8 Å². The van der Waals surface area contributed by atoms with Crippen molar-refractivity contribution in [1.29, 1.82) is 0 Å². The monoisotopic (exact) mass is 249 g/mol. The van der Waals surface area contributed by atoms with E-state index in [-0.39, 0.29) is 5.54 Å². The van der Waals surface area contributed by atoms with Crippen LogP contribution in [0.2, 0.25) is 0 Å². The molecule has 0 radical (unpaired) electrons. The van der Waals surface area contributed by atoms with Crippen LogP contribution in [0.3, 0.4) is 0 Å². The van der Waals surface area contributed by atoms with Gasteiger partial charge in [-0.1, -0.05) is 6.92 Å². The summed E-state index contributed by atoms with van der Waals surface area (Å²) >= 11 is 0. The zero-order chi connectivity index (χ0) is 13.2. The molecule has 0 bridgehead atoms. The number of nitrogens with two attached hydrogens (primary N) is 1. The molecule has 18 heavy (non-hydrogen) atoms. The number of rotatable bonds is 4. The van der Waals surface area contributed by atoms with Crippen LogP contribution in [-0.4, -0.2) is 23.6 Å². The Kier molecular flexibility index (Phi) is 3.41. The summed E-state index contributed by atoms with van der Waals surface area (Å²) in [7, 11) is 1.36. The molecule has 1 aliphatic carbocycles. The maximum atomic E-state index is 11.7. The number of nitrogens with one attached hydrogen (secondary N) is 1. The molecular weight excluding hydrogens is 230 g/mol. The van der Waals surface area contributed by atoms with Crippen molar-refractivity contribution in [3.63, 3.8) is 0 Å². The number of carbonyl (C=O) groups excluding carboxylic acids is 1. The quantitative estimate of drug-likeness (QED) is 0.800. The smallest absolute Gasteiger partial charge is 0.341 e. The average Bonchev–Trinajstić information content (AvgIpc) is 2.34. The molecule has 1 saturated carbocycles. The van der Waals surface area contributed by atoms with Crippen molar-refractivity contribution in [3.8, 4) is 0 Å². The molecular formula is C13H19N3O2. The van der Waals surface area contributed by atoms with Crippen molar-refractivity contribution in [1.82, 2.24) is 4.98 Å². The highest BCUT2D eigenvalue weighted by molar-refractivity contribution is 5.95. The zero-order valence-electron chi connectivity index (χ0n) is 10.8. The normalized spacial score (nSPS) is 16.8. The number of carbonyl (C=O) groups is 1. The van der Waals surface area contributed by atoms with Gasteiger partial charge in [0.2, 0.25) is 0 Å². The third kappa shape index (κ3) is 2.25. The van der Waals surface area contributed by atoms with E-state index in [0.717, 1.165) is 19.3 Å². The third-order valence-corrected chi connectivity index (χ3v) is 3.69. The van der Waals surface area contributed by atoms with Crippen molar-refractivity contribution in [3.05, 3.63) is 17.8 Å². The number of aromatic nitrogens is 1. The van der Waals surface area contributed by atoms with Gasteiger partial charge in [0.05, 0.1) is 19.0 Å². The molecule has 0 saturated heterocycles. The fourth-order valence-electron chi connectivity index (χ4n) is 2.27. The zero-order valence-corrected chi connectivity index (χ0v) is 10.8. The summed E-state index contributed by atoms with van der Waals surface area (Å²) in [4.78, 5) is 15.9. The Morgan fingerprint density at radius 3 is 2.83 bits per heavy atom. The van der Waals surface area contributed by atoms with Gasteiger partial charge in [-0.25, -0.2) is 9.78 Å². The molecule has 0 amide bonds. The van der Waals surface area contributed by atoms with Crippen LogP contribution in [-0.2, 0) is 4.74 Å². The lowest BCUT2D eigenvalue weighted by Crippen LogP contribution is -2.45.